The van der Waals surface area contributed by atoms with Gasteiger partial charge in [0.1, 0.15) is 0 Å². The maximum absolute atomic E-state index is 12.3. The van der Waals surface area contributed by atoms with Crippen molar-refractivity contribution in [1.82, 2.24) is 15.1 Å². The predicted molar refractivity (Wildman–Crippen MR) is 86.7 cm³/mol. The van der Waals surface area contributed by atoms with E-state index in [0.717, 1.165) is 45.6 Å². The predicted octanol–water partition coefficient (Wildman–Crippen LogP) is 1.23. The van der Waals surface area contributed by atoms with Gasteiger partial charge in [-0.2, -0.15) is 0 Å². The molecule has 6 heteroatoms. The Morgan fingerprint density at radius 2 is 1.91 bits per heavy atom. The number of carbonyl (C=O) groups is 2. The summed E-state index contributed by atoms with van der Waals surface area (Å²) in [7, 11) is 0. The van der Waals surface area contributed by atoms with Crippen LogP contribution in [0.1, 0.15) is 29.7 Å². The Hall–Kier alpha value is -1.40. The fourth-order valence-electron chi connectivity index (χ4n) is 3.09. The van der Waals surface area contributed by atoms with Crippen LogP contribution < -0.4 is 5.32 Å². The molecule has 22 heavy (non-hydrogen) atoms. The summed E-state index contributed by atoms with van der Waals surface area (Å²) in [5.41, 5.74) is 1.27. The molecule has 1 N–H and O–H groups in total. The number of hydrogen-bond acceptors (Lipinski definition) is 4. The molecule has 2 aliphatic heterocycles. The highest BCUT2D eigenvalue weighted by Gasteiger charge is 2.23. The highest BCUT2D eigenvalue weighted by atomic mass is 32.1. The van der Waals surface area contributed by atoms with Gasteiger partial charge < -0.3 is 15.1 Å². The van der Waals surface area contributed by atoms with Crippen LogP contribution in [0, 0.1) is 0 Å². The molecule has 0 aliphatic carbocycles. The molecule has 0 radical (unpaired) electrons. The summed E-state index contributed by atoms with van der Waals surface area (Å²) in [5.74, 6) is 0.225. The zero-order chi connectivity index (χ0) is 15.4. The zero-order valence-corrected chi connectivity index (χ0v) is 13.7. The van der Waals surface area contributed by atoms with Crippen molar-refractivity contribution in [2.75, 3.05) is 32.7 Å². The summed E-state index contributed by atoms with van der Waals surface area (Å²) >= 11 is 1.77. The third kappa shape index (κ3) is 3.67. The molecule has 0 spiro atoms. The van der Waals surface area contributed by atoms with E-state index in [1.165, 1.54) is 10.4 Å². The number of carbonyl (C=O) groups excluding carboxylic acids is 2. The van der Waals surface area contributed by atoms with E-state index < -0.39 is 0 Å². The van der Waals surface area contributed by atoms with E-state index in [2.05, 4.69) is 16.8 Å². The van der Waals surface area contributed by atoms with Crippen molar-refractivity contribution in [1.29, 1.82) is 0 Å². The molecule has 1 aromatic heterocycles. The Morgan fingerprint density at radius 3 is 2.77 bits per heavy atom. The average Bonchev–Trinajstić information content (AvgIpc) is 2.83. The fourth-order valence-corrected chi connectivity index (χ4v) is 3.98. The number of rotatable bonds is 3. The first-order chi connectivity index (χ1) is 10.7. The Balaban J connectivity index is 1.47. The lowest BCUT2D eigenvalue weighted by molar-refractivity contribution is -0.137. The van der Waals surface area contributed by atoms with Gasteiger partial charge in [0.05, 0.1) is 0 Å². The first-order valence-electron chi connectivity index (χ1n) is 8.05. The summed E-state index contributed by atoms with van der Waals surface area (Å²) < 4.78 is 0. The van der Waals surface area contributed by atoms with E-state index in [0.29, 0.717) is 19.4 Å². The van der Waals surface area contributed by atoms with Gasteiger partial charge in [0.25, 0.3) is 0 Å². The first-order valence-corrected chi connectivity index (χ1v) is 8.93. The van der Waals surface area contributed by atoms with Crippen LogP contribution >= 0.6 is 11.3 Å². The maximum Gasteiger partial charge on any atom is 0.223 e. The number of fused-ring (bicyclic) bond motifs is 1. The van der Waals surface area contributed by atoms with Gasteiger partial charge in [-0.3, -0.25) is 9.59 Å². The standard InChI is InChI=1S/C16H23N3O2S/c20-15(18-8-1-6-17-7-10-18)2-3-16(21)19-9-4-14-13(12-19)5-11-22-14/h5,11,17H,1-4,6-10,12H2. The van der Waals surface area contributed by atoms with Crippen LogP contribution in [0.2, 0.25) is 0 Å². The van der Waals surface area contributed by atoms with E-state index in [4.69, 9.17) is 0 Å². The van der Waals surface area contributed by atoms with Gasteiger partial charge in [-0.15, -0.1) is 11.3 Å². The molecule has 1 fully saturated rings. The maximum atomic E-state index is 12.3. The monoisotopic (exact) mass is 321 g/mol. The van der Waals surface area contributed by atoms with E-state index in [9.17, 15) is 9.59 Å². The van der Waals surface area contributed by atoms with Crippen LogP contribution in [-0.4, -0.2) is 54.3 Å². The SMILES string of the molecule is O=C(CCC(=O)N1CCc2sccc2C1)N1CCCNCC1. The van der Waals surface area contributed by atoms with Crippen LogP contribution in [0.5, 0.6) is 0 Å². The highest BCUT2D eigenvalue weighted by molar-refractivity contribution is 7.10. The van der Waals surface area contributed by atoms with E-state index in [1.807, 2.05) is 9.80 Å². The molecule has 3 rings (SSSR count). The summed E-state index contributed by atoms with van der Waals surface area (Å²) in [5, 5.41) is 5.38. The van der Waals surface area contributed by atoms with Crippen molar-refractivity contribution in [2.24, 2.45) is 0 Å². The Labute approximate surface area is 135 Å². The molecule has 0 saturated carbocycles. The number of hydrogen-bond donors (Lipinski definition) is 1. The number of nitrogens with one attached hydrogen (secondary N) is 1. The van der Waals surface area contributed by atoms with Gasteiger partial charge >= 0.3 is 0 Å². The van der Waals surface area contributed by atoms with Crippen LogP contribution in [-0.2, 0) is 22.6 Å². The molecule has 1 aromatic rings. The third-order valence-electron chi connectivity index (χ3n) is 4.41. The largest absolute Gasteiger partial charge is 0.341 e. The van der Waals surface area contributed by atoms with Crippen molar-refractivity contribution in [2.45, 2.75) is 32.2 Å². The molecule has 0 atom stereocenters. The molecule has 5 nitrogen and oxygen atoms in total. The molecular formula is C16H23N3O2S. The minimum absolute atomic E-state index is 0.109. The summed E-state index contributed by atoms with van der Waals surface area (Å²) in [4.78, 5) is 29.7. The lowest BCUT2D eigenvalue weighted by atomic mass is 10.1. The molecular weight excluding hydrogens is 298 g/mol. The van der Waals surface area contributed by atoms with Gasteiger partial charge in [-0.25, -0.2) is 0 Å². The van der Waals surface area contributed by atoms with Gasteiger partial charge in [-0.05, 0) is 36.4 Å². The lowest BCUT2D eigenvalue weighted by Crippen LogP contribution is -2.37. The van der Waals surface area contributed by atoms with Crippen molar-refractivity contribution in [3.8, 4) is 0 Å². The van der Waals surface area contributed by atoms with Crippen LogP contribution in [0.25, 0.3) is 0 Å². The molecule has 0 unspecified atom stereocenters. The summed E-state index contributed by atoms with van der Waals surface area (Å²) in [6, 6.07) is 2.11. The van der Waals surface area contributed by atoms with Crippen molar-refractivity contribution in [3.63, 3.8) is 0 Å². The smallest absolute Gasteiger partial charge is 0.223 e. The topological polar surface area (TPSA) is 52.7 Å². The van der Waals surface area contributed by atoms with Crippen LogP contribution in [0.4, 0.5) is 0 Å². The fraction of sp³-hybridized carbons (Fsp3) is 0.625. The summed E-state index contributed by atoms with van der Waals surface area (Å²) in [6.45, 7) is 4.89. The molecule has 3 heterocycles. The van der Waals surface area contributed by atoms with Gasteiger partial charge in [-0.1, -0.05) is 0 Å². The number of amides is 2. The lowest BCUT2D eigenvalue weighted by Gasteiger charge is -2.27. The second-order valence-corrected chi connectivity index (χ2v) is 6.92. The van der Waals surface area contributed by atoms with Crippen molar-refractivity contribution < 1.29 is 9.59 Å². The Kier molecular flexibility index (Phi) is 5.10. The quantitative estimate of drug-likeness (QED) is 0.911. The Morgan fingerprint density at radius 1 is 1.09 bits per heavy atom. The first kappa shape index (κ1) is 15.5. The second-order valence-electron chi connectivity index (χ2n) is 5.92. The highest BCUT2D eigenvalue weighted by Crippen LogP contribution is 2.24. The minimum Gasteiger partial charge on any atom is -0.341 e. The van der Waals surface area contributed by atoms with Crippen molar-refractivity contribution in [3.05, 3.63) is 21.9 Å². The zero-order valence-electron chi connectivity index (χ0n) is 12.8. The molecule has 1 saturated heterocycles. The van der Waals surface area contributed by atoms with Gasteiger partial charge in [0, 0.05) is 50.4 Å². The molecule has 2 aliphatic rings. The van der Waals surface area contributed by atoms with E-state index in [-0.39, 0.29) is 11.8 Å². The Bertz CT molecular complexity index is 535. The molecule has 2 amide bonds. The number of thiophene rings is 1. The van der Waals surface area contributed by atoms with Crippen molar-refractivity contribution >= 4 is 23.2 Å². The summed E-state index contributed by atoms with van der Waals surface area (Å²) in [6.07, 6.45) is 2.62. The normalized spacial score (nSPS) is 18.7. The molecule has 120 valence electrons. The van der Waals surface area contributed by atoms with Crippen LogP contribution in [0.3, 0.4) is 0 Å². The number of nitrogens with zero attached hydrogens (tertiary/aromatic N) is 2. The third-order valence-corrected chi connectivity index (χ3v) is 5.43. The molecule has 0 bridgehead atoms. The molecule has 0 aromatic carbocycles. The van der Waals surface area contributed by atoms with Gasteiger partial charge in [0.2, 0.25) is 11.8 Å². The second kappa shape index (κ2) is 7.24. The minimum atomic E-state index is 0.109. The van der Waals surface area contributed by atoms with Gasteiger partial charge in [0.15, 0.2) is 0 Å². The average molecular weight is 321 g/mol. The van der Waals surface area contributed by atoms with E-state index >= 15 is 0 Å². The van der Waals surface area contributed by atoms with Crippen LogP contribution in [0.15, 0.2) is 11.4 Å². The van der Waals surface area contributed by atoms with E-state index in [1.54, 1.807) is 11.3 Å².